The molecule has 0 saturated heterocycles. The number of esters is 1. The van der Waals surface area contributed by atoms with Crippen LogP contribution in [-0.4, -0.2) is 27.8 Å². The van der Waals surface area contributed by atoms with Gasteiger partial charge in [0.2, 0.25) is 0 Å². The fourth-order valence-corrected chi connectivity index (χ4v) is 3.64. The van der Waals surface area contributed by atoms with Crippen molar-refractivity contribution in [2.45, 2.75) is 0 Å². The van der Waals surface area contributed by atoms with Crippen molar-refractivity contribution in [2.75, 3.05) is 7.11 Å². The second-order valence-corrected chi connectivity index (χ2v) is 6.64. The lowest BCUT2D eigenvalue weighted by molar-refractivity contribution is -0.393. The van der Waals surface area contributed by atoms with E-state index in [2.05, 4.69) is 0 Å². The standard InChI is InChI=1S/C20H11N3O9/c1-31-20(24)16-7-10(21(25)26)5-14-13(9-12-3-2-4-32-12)15-6-11(22(27)28)8-17(23(29)30)19(15)18(14)16/h2-9H,1H3. The van der Waals surface area contributed by atoms with E-state index in [1.807, 2.05) is 0 Å². The molecule has 1 aliphatic carbocycles. The SMILES string of the molecule is COC(=O)c1cc([N+](=O)[O-])cc2c1-c1c(cc([N+](=O)[O-])cc1[N+](=O)[O-])C2=Cc1ccco1. The normalized spacial score (nSPS) is 12.8. The third-order valence-electron chi connectivity index (χ3n) is 4.91. The number of hydrogen-bond donors (Lipinski definition) is 0. The molecule has 12 heteroatoms. The van der Waals surface area contributed by atoms with Gasteiger partial charge in [-0.25, -0.2) is 4.79 Å². The number of furan rings is 1. The summed E-state index contributed by atoms with van der Waals surface area (Å²) >= 11 is 0. The van der Waals surface area contributed by atoms with Gasteiger partial charge in [0.05, 0.1) is 45.3 Å². The predicted molar refractivity (Wildman–Crippen MR) is 109 cm³/mol. The Kier molecular flexibility index (Phi) is 4.74. The summed E-state index contributed by atoms with van der Waals surface area (Å²) in [6.45, 7) is 0. The van der Waals surface area contributed by atoms with Gasteiger partial charge in [-0.1, -0.05) is 0 Å². The number of benzene rings is 2. The first-order valence-corrected chi connectivity index (χ1v) is 8.86. The molecule has 0 aliphatic heterocycles. The van der Waals surface area contributed by atoms with Crippen LogP contribution in [0.1, 0.15) is 27.2 Å². The molecule has 0 atom stereocenters. The lowest BCUT2D eigenvalue weighted by atomic mass is 9.97. The van der Waals surface area contributed by atoms with Crippen LogP contribution in [0.5, 0.6) is 0 Å². The molecule has 0 bridgehead atoms. The summed E-state index contributed by atoms with van der Waals surface area (Å²) in [6, 6.07) is 7.13. The number of rotatable bonds is 5. The van der Waals surface area contributed by atoms with Gasteiger partial charge in [0.25, 0.3) is 17.1 Å². The Balaban J connectivity index is 2.19. The van der Waals surface area contributed by atoms with E-state index in [4.69, 9.17) is 9.15 Å². The predicted octanol–water partition coefficient (Wildman–Crippen LogP) is 4.36. The molecule has 0 fully saturated rings. The van der Waals surface area contributed by atoms with Crippen molar-refractivity contribution in [1.29, 1.82) is 0 Å². The quantitative estimate of drug-likeness (QED) is 0.250. The van der Waals surface area contributed by atoms with Gasteiger partial charge in [0.15, 0.2) is 0 Å². The molecule has 0 spiro atoms. The second kappa shape index (κ2) is 7.43. The molecule has 0 N–H and O–H groups in total. The zero-order valence-electron chi connectivity index (χ0n) is 16.1. The molecule has 1 aromatic heterocycles. The minimum Gasteiger partial charge on any atom is -0.465 e. The molecule has 160 valence electrons. The highest BCUT2D eigenvalue weighted by Crippen LogP contribution is 2.53. The topological polar surface area (TPSA) is 169 Å². The minimum atomic E-state index is -0.956. The van der Waals surface area contributed by atoms with E-state index < -0.39 is 37.8 Å². The lowest BCUT2D eigenvalue weighted by Crippen LogP contribution is -2.06. The number of carbonyl (C=O) groups excluding carboxylic acids is 1. The number of hydrogen-bond acceptors (Lipinski definition) is 9. The van der Waals surface area contributed by atoms with E-state index in [1.165, 1.54) is 12.3 Å². The summed E-state index contributed by atoms with van der Waals surface area (Å²) in [5.74, 6) is -0.665. The third-order valence-corrected chi connectivity index (χ3v) is 4.91. The summed E-state index contributed by atoms with van der Waals surface area (Å²) in [4.78, 5) is 44.9. The van der Waals surface area contributed by atoms with Crippen LogP contribution in [0.3, 0.4) is 0 Å². The monoisotopic (exact) mass is 437 g/mol. The van der Waals surface area contributed by atoms with Gasteiger partial charge in [0, 0.05) is 29.3 Å². The number of ether oxygens (including phenoxy) is 1. The molecule has 0 unspecified atom stereocenters. The first-order valence-electron chi connectivity index (χ1n) is 8.86. The third kappa shape index (κ3) is 3.15. The van der Waals surface area contributed by atoms with Crippen LogP contribution in [0, 0.1) is 30.3 Å². The maximum absolute atomic E-state index is 12.5. The van der Waals surface area contributed by atoms with E-state index in [9.17, 15) is 35.1 Å². The lowest BCUT2D eigenvalue weighted by Gasteiger charge is -2.08. The van der Waals surface area contributed by atoms with Crippen molar-refractivity contribution < 1.29 is 28.7 Å². The molecule has 32 heavy (non-hydrogen) atoms. The Labute approximate surface area is 177 Å². The molecular weight excluding hydrogens is 426 g/mol. The van der Waals surface area contributed by atoms with Crippen molar-refractivity contribution >= 4 is 34.7 Å². The van der Waals surface area contributed by atoms with E-state index in [1.54, 1.807) is 12.1 Å². The Bertz CT molecular complexity index is 1360. The first-order chi connectivity index (χ1) is 15.2. The van der Waals surface area contributed by atoms with Gasteiger partial charge in [-0.2, -0.15) is 0 Å². The van der Waals surface area contributed by atoms with Gasteiger partial charge < -0.3 is 9.15 Å². The van der Waals surface area contributed by atoms with Gasteiger partial charge in [-0.3, -0.25) is 30.3 Å². The van der Waals surface area contributed by atoms with Gasteiger partial charge >= 0.3 is 5.97 Å². The van der Waals surface area contributed by atoms with Crippen LogP contribution in [0.15, 0.2) is 47.1 Å². The molecule has 0 radical (unpaired) electrons. The Hall–Kier alpha value is -4.87. The van der Waals surface area contributed by atoms with Crippen LogP contribution < -0.4 is 0 Å². The van der Waals surface area contributed by atoms with Crippen LogP contribution in [-0.2, 0) is 4.74 Å². The van der Waals surface area contributed by atoms with E-state index >= 15 is 0 Å². The highest BCUT2D eigenvalue weighted by atomic mass is 16.6. The molecule has 1 heterocycles. The summed E-state index contributed by atoms with van der Waals surface area (Å²) in [6.07, 6.45) is 2.80. The molecule has 1 aliphatic rings. The minimum absolute atomic E-state index is 0.0110. The summed E-state index contributed by atoms with van der Waals surface area (Å²) < 4.78 is 10.0. The molecular formula is C20H11N3O9. The highest BCUT2D eigenvalue weighted by molar-refractivity contribution is 6.14. The second-order valence-electron chi connectivity index (χ2n) is 6.64. The Morgan fingerprint density at radius 2 is 1.56 bits per heavy atom. The first kappa shape index (κ1) is 20.4. The number of carbonyl (C=O) groups is 1. The summed E-state index contributed by atoms with van der Waals surface area (Å²) in [7, 11) is 1.06. The largest absolute Gasteiger partial charge is 0.465 e. The molecule has 2 aromatic carbocycles. The number of methoxy groups -OCH3 is 1. The van der Waals surface area contributed by atoms with Crippen LogP contribution in [0.4, 0.5) is 17.1 Å². The number of non-ortho nitro benzene ring substituents is 2. The fourth-order valence-electron chi connectivity index (χ4n) is 3.64. The highest BCUT2D eigenvalue weighted by Gasteiger charge is 2.38. The average molecular weight is 437 g/mol. The van der Waals surface area contributed by atoms with Crippen molar-refractivity contribution in [2.24, 2.45) is 0 Å². The Morgan fingerprint density at radius 1 is 0.938 bits per heavy atom. The van der Waals surface area contributed by atoms with E-state index in [-0.39, 0.29) is 33.4 Å². The molecule has 3 aromatic rings. The van der Waals surface area contributed by atoms with Crippen LogP contribution in [0.25, 0.3) is 22.8 Å². The molecule has 0 saturated carbocycles. The number of nitro benzene ring substituents is 3. The fraction of sp³-hybridized carbons (Fsp3) is 0.0500. The smallest absolute Gasteiger partial charge is 0.338 e. The zero-order chi connectivity index (χ0) is 23.2. The zero-order valence-corrected chi connectivity index (χ0v) is 16.1. The van der Waals surface area contributed by atoms with Gasteiger partial charge in [-0.05, 0) is 29.3 Å². The van der Waals surface area contributed by atoms with Crippen LogP contribution >= 0.6 is 0 Å². The Morgan fingerprint density at radius 3 is 2.09 bits per heavy atom. The van der Waals surface area contributed by atoms with Crippen molar-refractivity contribution in [1.82, 2.24) is 0 Å². The molecule has 4 rings (SSSR count). The van der Waals surface area contributed by atoms with Crippen LogP contribution in [0.2, 0.25) is 0 Å². The number of nitro groups is 3. The average Bonchev–Trinajstić information content (AvgIpc) is 3.38. The maximum atomic E-state index is 12.5. The van der Waals surface area contributed by atoms with Crippen molar-refractivity contribution in [3.63, 3.8) is 0 Å². The summed E-state index contributed by atoms with van der Waals surface area (Å²) in [5, 5.41) is 34.7. The van der Waals surface area contributed by atoms with E-state index in [0.717, 1.165) is 31.4 Å². The van der Waals surface area contributed by atoms with Crippen molar-refractivity contribution in [3.05, 3.63) is 95.5 Å². The van der Waals surface area contributed by atoms with Gasteiger partial charge in [-0.15, -0.1) is 0 Å². The molecule has 12 nitrogen and oxygen atoms in total. The van der Waals surface area contributed by atoms with Gasteiger partial charge in [0.1, 0.15) is 5.76 Å². The molecule has 0 amide bonds. The summed E-state index contributed by atoms with van der Waals surface area (Å²) in [5.41, 5.74) is -1.64. The van der Waals surface area contributed by atoms with Crippen molar-refractivity contribution in [3.8, 4) is 11.1 Å². The maximum Gasteiger partial charge on any atom is 0.338 e. The number of nitrogens with zero attached hydrogens (tertiary/aromatic N) is 3. The number of fused-ring (bicyclic) bond motifs is 3. The van der Waals surface area contributed by atoms with E-state index in [0.29, 0.717) is 5.76 Å².